The van der Waals surface area contributed by atoms with Gasteiger partial charge in [0.15, 0.2) is 0 Å². The molecular formula is C23H26Cl2N4. The molecule has 1 N–H and O–H groups in total. The van der Waals surface area contributed by atoms with Gasteiger partial charge in [0.05, 0.1) is 21.1 Å². The molecule has 2 saturated heterocycles. The molecule has 0 bridgehead atoms. The number of nitrogens with one attached hydrogen (secondary N) is 1. The fourth-order valence-electron chi connectivity index (χ4n) is 4.83. The van der Waals surface area contributed by atoms with Crippen molar-refractivity contribution in [1.29, 1.82) is 0 Å². The van der Waals surface area contributed by atoms with Crippen molar-refractivity contribution in [2.45, 2.75) is 37.8 Å². The summed E-state index contributed by atoms with van der Waals surface area (Å²) in [6.45, 7) is 5.29. The number of aromatic nitrogens is 2. The Balaban J connectivity index is 1.42. The molecule has 0 aliphatic carbocycles. The minimum atomic E-state index is 0.458. The van der Waals surface area contributed by atoms with Crippen LogP contribution in [-0.2, 0) is 6.54 Å². The fourth-order valence-corrected chi connectivity index (χ4v) is 5.15. The second kappa shape index (κ2) is 8.27. The second-order valence-corrected chi connectivity index (χ2v) is 9.09. The largest absolute Gasteiger partial charge is 0.324 e. The van der Waals surface area contributed by atoms with Gasteiger partial charge in [-0.1, -0.05) is 53.5 Å². The van der Waals surface area contributed by atoms with Gasteiger partial charge < -0.3 is 9.88 Å². The van der Waals surface area contributed by atoms with Crippen molar-refractivity contribution < 1.29 is 0 Å². The predicted octanol–water partition coefficient (Wildman–Crippen LogP) is 5.26. The van der Waals surface area contributed by atoms with Crippen LogP contribution in [0.5, 0.6) is 0 Å². The van der Waals surface area contributed by atoms with Gasteiger partial charge in [-0.15, -0.1) is 0 Å². The van der Waals surface area contributed by atoms with E-state index in [0.29, 0.717) is 22.0 Å². The topological polar surface area (TPSA) is 33.1 Å². The molecule has 6 heteroatoms. The SMILES string of the molecule is Clc1cc2nc([C@@H]3CCNC3)n(C3CCN(Cc4ccccc4)CC3)c2cc1Cl. The smallest absolute Gasteiger partial charge is 0.114 e. The van der Waals surface area contributed by atoms with Gasteiger partial charge >= 0.3 is 0 Å². The second-order valence-electron chi connectivity index (χ2n) is 8.28. The summed E-state index contributed by atoms with van der Waals surface area (Å²) in [4.78, 5) is 7.59. The number of likely N-dealkylation sites (tertiary alicyclic amines) is 1. The molecule has 1 aromatic heterocycles. The molecule has 3 aromatic rings. The first-order chi connectivity index (χ1) is 14.2. The minimum Gasteiger partial charge on any atom is -0.324 e. The van der Waals surface area contributed by atoms with Gasteiger partial charge in [0.1, 0.15) is 5.82 Å². The highest BCUT2D eigenvalue weighted by molar-refractivity contribution is 6.42. The molecule has 4 nitrogen and oxygen atoms in total. The monoisotopic (exact) mass is 428 g/mol. The van der Waals surface area contributed by atoms with Crippen molar-refractivity contribution in [2.24, 2.45) is 0 Å². The first-order valence-electron chi connectivity index (χ1n) is 10.5. The van der Waals surface area contributed by atoms with Crippen LogP contribution in [0.15, 0.2) is 42.5 Å². The Morgan fingerprint density at radius 3 is 2.48 bits per heavy atom. The molecule has 5 rings (SSSR count). The summed E-state index contributed by atoms with van der Waals surface area (Å²) in [6.07, 6.45) is 3.40. The Morgan fingerprint density at radius 2 is 1.76 bits per heavy atom. The molecule has 2 aliphatic heterocycles. The Bertz CT molecular complexity index is 987. The van der Waals surface area contributed by atoms with E-state index in [4.69, 9.17) is 28.2 Å². The zero-order valence-electron chi connectivity index (χ0n) is 16.5. The predicted molar refractivity (Wildman–Crippen MR) is 120 cm³/mol. The maximum absolute atomic E-state index is 6.39. The fraction of sp³-hybridized carbons (Fsp3) is 0.435. The standard InChI is InChI=1S/C23H26Cl2N4/c24-19-12-21-22(13-20(19)25)29(23(27-21)17-6-9-26-14-17)18-7-10-28(11-8-18)15-16-4-2-1-3-5-16/h1-5,12-13,17-18,26H,6-11,14-15H2/t17-/m1/s1. The average molecular weight is 429 g/mol. The van der Waals surface area contributed by atoms with E-state index >= 15 is 0 Å². The molecule has 0 saturated carbocycles. The summed E-state index contributed by atoms with van der Waals surface area (Å²) in [5.41, 5.74) is 3.48. The molecule has 0 radical (unpaired) electrons. The van der Waals surface area contributed by atoms with Crippen LogP contribution in [0.25, 0.3) is 11.0 Å². The van der Waals surface area contributed by atoms with E-state index in [2.05, 4.69) is 45.1 Å². The molecule has 3 heterocycles. The van der Waals surface area contributed by atoms with Crippen LogP contribution < -0.4 is 5.32 Å². The molecule has 2 fully saturated rings. The molecule has 0 spiro atoms. The lowest BCUT2D eigenvalue weighted by Crippen LogP contribution is -2.34. The van der Waals surface area contributed by atoms with Crippen molar-refractivity contribution in [3.05, 3.63) is 63.9 Å². The number of hydrogen-bond acceptors (Lipinski definition) is 3. The van der Waals surface area contributed by atoms with E-state index in [1.807, 2.05) is 12.1 Å². The van der Waals surface area contributed by atoms with Crippen LogP contribution >= 0.6 is 23.2 Å². The molecule has 1 atom stereocenters. The quantitative estimate of drug-likeness (QED) is 0.615. The van der Waals surface area contributed by atoms with Crippen molar-refractivity contribution in [1.82, 2.24) is 19.8 Å². The normalized spacial score (nSPS) is 21.2. The van der Waals surface area contributed by atoms with Gasteiger partial charge in [-0.05, 0) is 43.5 Å². The van der Waals surface area contributed by atoms with E-state index in [9.17, 15) is 0 Å². The number of fused-ring (bicyclic) bond motifs is 1. The van der Waals surface area contributed by atoms with Gasteiger partial charge in [0.2, 0.25) is 0 Å². The maximum Gasteiger partial charge on any atom is 0.114 e. The first kappa shape index (κ1) is 19.4. The van der Waals surface area contributed by atoms with Crippen LogP contribution in [0.4, 0.5) is 0 Å². The number of halogens is 2. The number of hydrogen-bond donors (Lipinski definition) is 1. The Hall–Kier alpha value is -1.59. The summed E-state index contributed by atoms with van der Waals surface area (Å²) in [6, 6.07) is 15.1. The third-order valence-corrected chi connectivity index (χ3v) is 7.08. The molecule has 0 unspecified atom stereocenters. The summed E-state index contributed by atoms with van der Waals surface area (Å²) in [7, 11) is 0. The van der Waals surface area contributed by atoms with Gasteiger partial charge in [-0.2, -0.15) is 0 Å². The molecule has 29 heavy (non-hydrogen) atoms. The summed E-state index contributed by atoms with van der Waals surface area (Å²) in [5, 5.41) is 4.68. The third-order valence-electron chi connectivity index (χ3n) is 6.36. The lowest BCUT2D eigenvalue weighted by molar-refractivity contribution is 0.179. The Labute approximate surface area is 181 Å². The Kier molecular flexibility index (Phi) is 5.53. The van der Waals surface area contributed by atoms with Crippen LogP contribution in [-0.4, -0.2) is 40.6 Å². The summed E-state index contributed by atoms with van der Waals surface area (Å²) < 4.78 is 2.48. The Morgan fingerprint density at radius 1 is 1.00 bits per heavy atom. The first-order valence-corrected chi connectivity index (χ1v) is 11.3. The van der Waals surface area contributed by atoms with Gasteiger partial charge in [0, 0.05) is 38.1 Å². The minimum absolute atomic E-state index is 0.458. The highest BCUT2D eigenvalue weighted by Gasteiger charge is 2.29. The van der Waals surface area contributed by atoms with E-state index in [1.165, 1.54) is 11.4 Å². The van der Waals surface area contributed by atoms with Crippen LogP contribution in [0.2, 0.25) is 10.0 Å². The lowest BCUT2D eigenvalue weighted by Gasteiger charge is -2.34. The number of rotatable bonds is 4. The van der Waals surface area contributed by atoms with Gasteiger partial charge in [0.25, 0.3) is 0 Å². The van der Waals surface area contributed by atoms with Crippen molar-refractivity contribution >= 4 is 34.2 Å². The van der Waals surface area contributed by atoms with Crippen molar-refractivity contribution in [3.8, 4) is 0 Å². The van der Waals surface area contributed by atoms with Crippen molar-refractivity contribution in [2.75, 3.05) is 26.2 Å². The molecular weight excluding hydrogens is 403 g/mol. The molecule has 2 aliphatic rings. The van der Waals surface area contributed by atoms with Crippen molar-refractivity contribution in [3.63, 3.8) is 0 Å². The zero-order valence-corrected chi connectivity index (χ0v) is 18.0. The van der Waals surface area contributed by atoms with E-state index < -0.39 is 0 Å². The summed E-state index contributed by atoms with van der Waals surface area (Å²) >= 11 is 12.7. The molecule has 2 aromatic carbocycles. The van der Waals surface area contributed by atoms with Crippen LogP contribution in [0.1, 0.15) is 42.6 Å². The lowest BCUT2D eigenvalue weighted by atomic mass is 10.0. The number of imidazole rings is 1. The van der Waals surface area contributed by atoms with E-state index in [1.54, 1.807) is 0 Å². The van der Waals surface area contributed by atoms with Crippen LogP contribution in [0.3, 0.4) is 0 Å². The highest BCUT2D eigenvalue weighted by atomic mass is 35.5. The number of piperidine rings is 1. The van der Waals surface area contributed by atoms with E-state index in [-0.39, 0.29) is 0 Å². The third kappa shape index (κ3) is 3.91. The van der Waals surface area contributed by atoms with Gasteiger partial charge in [-0.3, -0.25) is 4.90 Å². The molecule has 152 valence electrons. The number of nitrogens with zero attached hydrogens (tertiary/aromatic N) is 3. The highest BCUT2D eigenvalue weighted by Crippen LogP contribution is 2.36. The van der Waals surface area contributed by atoms with Gasteiger partial charge in [-0.25, -0.2) is 4.98 Å². The molecule has 0 amide bonds. The average Bonchev–Trinajstić information content (AvgIpc) is 3.38. The van der Waals surface area contributed by atoms with Crippen LogP contribution in [0, 0.1) is 0 Å². The maximum atomic E-state index is 6.39. The zero-order chi connectivity index (χ0) is 19.8. The number of benzene rings is 2. The van der Waals surface area contributed by atoms with E-state index in [0.717, 1.165) is 63.0 Å². The summed E-state index contributed by atoms with van der Waals surface area (Å²) in [5.74, 6) is 1.66.